The highest BCUT2D eigenvalue weighted by Crippen LogP contribution is 2.42. The van der Waals surface area contributed by atoms with E-state index >= 15 is 0 Å². The molecule has 0 saturated heterocycles. The third-order valence-electron chi connectivity index (χ3n) is 4.00. The molecule has 0 aliphatic heterocycles. The maximum Gasteiger partial charge on any atom is 0.142 e. The molecule has 0 aromatic heterocycles. The summed E-state index contributed by atoms with van der Waals surface area (Å²) in [5.41, 5.74) is 2.47. The summed E-state index contributed by atoms with van der Waals surface area (Å²) in [6, 6.07) is 15.1. The number of methoxy groups -OCH3 is 1. The van der Waals surface area contributed by atoms with Crippen LogP contribution >= 0.6 is 31.9 Å². The molecule has 0 amide bonds. The van der Waals surface area contributed by atoms with Gasteiger partial charge in [0.2, 0.25) is 0 Å². The molecule has 0 spiro atoms. The SMILES string of the molecule is COc1ccc(Br)cc1NC1CC(c2ccccc2Br)C1. The van der Waals surface area contributed by atoms with Gasteiger partial charge in [-0.25, -0.2) is 0 Å². The number of ether oxygens (including phenoxy) is 1. The zero-order chi connectivity index (χ0) is 14.8. The first-order chi connectivity index (χ1) is 10.2. The largest absolute Gasteiger partial charge is 0.495 e. The molecule has 2 aromatic carbocycles. The summed E-state index contributed by atoms with van der Waals surface area (Å²) >= 11 is 7.16. The van der Waals surface area contributed by atoms with Crippen molar-refractivity contribution in [2.45, 2.75) is 24.8 Å². The van der Waals surface area contributed by atoms with Crippen molar-refractivity contribution in [1.29, 1.82) is 0 Å². The standard InChI is InChI=1S/C17H17Br2NO/c1-21-17-7-6-12(18)10-16(17)20-13-8-11(9-13)14-4-2-3-5-15(14)19/h2-7,10-11,13,20H,8-9H2,1H3. The smallest absolute Gasteiger partial charge is 0.142 e. The molecular weight excluding hydrogens is 394 g/mol. The van der Waals surface area contributed by atoms with Crippen molar-refractivity contribution in [3.63, 3.8) is 0 Å². The number of halogens is 2. The minimum Gasteiger partial charge on any atom is -0.495 e. The number of rotatable bonds is 4. The molecule has 1 saturated carbocycles. The maximum absolute atomic E-state index is 5.41. The highest BCUT2D eigenvalue weighted by atomic mass is 79.9. The van der Waals surface area contributed by atoms with Gasteiger partial charge in [0.05, 0.1) is 12.8 Å². The lowest BCUT2D eigenvalue weighted by atomic mass is 9.76. The lowest BCUT2D eigenvalue weighted by Gasteiger charge is -2.37. The van der Waals surface area contributed by atoms with Crippen LogP contribution in [0.2, 0.25) is 0 Å². The molecule has 3 rings (SSSR count). The monoisotopic (exact) mass is 409 g/mol. The zero-order valence-electron chi connectivity index (χ0n) is 11.8. The number of benzene rings is 2. The van der Waals surface area contributed by atoms with Crippen molar-refractivity contribution < 1.29 is 4.74 Å². The summed E-state index contributed by atoms with van der Waals surface area (Å²) < 4.78 is 7.69. The van der Waals surface area contributed by atoms with Crippen LogP contribution < -0.4 is 10.1 Å². The second-order valence-corrected chi connectivity index (χ2v) is 7.15. The fourth-order valence-corrected chi connectivity index (χ4v) is 3.78. The summed E-state index contributed by atoms with van der Waals surface area (Å²) in [5, 5.41) is 3.59. The summed E-state index contributed by atoms with van der Waals surface area (Å²) in [6.07, 6.45) is 2.30. The van der Waals surface area contributed by atoms with Gasteiger partial charge in [0, 0.05) is 15.0 Å². The van der Waals surface area contributed by atoms with Gasteiger partial charge in [0.1, 0.15) is 5.75 Å². The molecule has 0 atom stereocenters. The topological polar surface area (TPSA) is 21.3 Å². The fourth-order valence-electron chi connectivity index (χ4n) is 2.81. The summed E-state index contributed by atoms with van der Waals surface area (Å²) in [5.74, 6) is 1.53. The molecule has 0 bridgehead atoms. The van der Waals surface area contributed by atoms with E-state index in [0.717, 1.165) is 28.8 Å². The third kappa shape index (κ3) is 3.27. The first-order valence-corrected chi connectivity index (χ1v) is 8.60. The highest BCUT2D eigenvalue weighted by molar-refractivity contribution is 9.10. The van der Waals surface area contributed by atoms with Crippen molar-refractivity contribution in [3.8, 4) is 5.75 Å². The molecule has 2 aromatic rings. The summed E-state index contributed by atoms with van der Waals surface area (Å²) in [7, 11) is 1.71. The van der Waals surface area contributed by atoms with Crippen LogP contribution in [0.3, 0.4) is 0 Å². The van der Waals surface area contributed by atoms with Crippen LogP contribution in [0, 0.1) is 0 Å². The van der Waals surface area contributed by atoms with Crippen molar-refractivity contribution in [2.75, 3.05) is 12.4 Å². The van der Waals surface area contributed by atoms with Crippen LogP contribution in [0.1, 0.15) is 24.3 Å². The molecule has 0 radical (unpaired) electrons. The Morgan fingerprint density at radius 1 is 1.10 bits per heavy atom. The average Bonchev–Trinajstić information content (AvgIpc) is 2.44. The van der Waals surface area contributed by atoms with E-state index in [1.165, 1.54) is 10.0 Å². The molecule has 1 N–H and O–H groups in total. The molecule has 1 aliphatic carbocycles. The van der Waals surface area contributed by atoms with Crippen LogP contribution in [-0.2, 0) is 0 Å². The first kappa shape index (κ1) is 14.9. The molecular formula is C17H17Br2NO. The van der Waals surface area contributed by atoms with E-state index in [9.17, 15) is 0 Å². The van der Waals surface area contributed by atoms with Crippen LogP contribution in [0.25, 0.3) is 0 Å². The van der Waals surface area contributed by atoms with E-state index in [1.807, 2.05) is 12.1 Å². The van der Waals surface area contributed by atoms with Gasteiger partial charge in [0.15, 0.2) is 0 Å². The Kier molecular flexibility index (Phi) is 4.55. The Hall–Kier alpha value is -1.00. The van der Waals surface area contributed by atoms with Gasteiger partial charge < -0.3 is 10.1 Å². The van der Waals surface area contributed by atoms with Gasteiger partial charge >= 0.3 is 0 Å². The number of hydrogen-bond acceptors (Lipinski definition) is 2. The molecule has 4 heteroatoms. The van der Waals surface area contributed by atoms with Gasteiger partial charge in [-0.1, -0.05) is 50.1 Å². The normalized spacial score (nSPS) is 20.7. The quantitative estimate of drug-likeness (QED) is 0.710. The maximum atomic E-state index is 5.41. The van der Waals surface area contributed by atoms with Crippen molar-refractivity contribution >= 4 is 37.5 Å². The molecule has 1 aliphatic rings. The Balaban J connectivity index is 1.65. The lowest BCUT2D eigenvalue weighted by Crippen LogP contribution is -2.34. The predicted octanol–water partition coefficient (Wildman–Crippen LogP) is 5.58. The van der Waals surface area contributed by atoms with Crippen LogP contribution in [0.5, 0.6) is 5.75 Å². The number of hydrogen-bond donors (Lipinski definition) is 1. The molecule has 2 nitrogen and oxygen atoms in total. The van der Waals surface area contributed by atoms with Crippen LogP contribution in [-0.4, -0.2) is 13.2 Å². The number of anilines is 1. The van der Waals surface area contributed by atoms with Gasteiger partial charge in [0.25, 0.3) is 0 Å². The van der Waals surface area contributed by atoms with E-state index in [2.05, 4.69) is 67.5 Å². The van der Waals surface area contributed by atoms with E-state index in [-0.39, 0.29) is 0 Å². The van der Waals surface area contributed by atoms with Crippen molar-refractivity contribution in [2.24, 2.45) is 0 Å². The molecule has 110 valence electrons. The third-order valence-corrected chi connectivity index (χ3v) is 5.22. The first-order valence-electron chi connectivity index (χ1n) is 7.02. The Bertz CT molecular complexity index is 638. The van der Waals surface area contributed by atoms with Gasteiger partial charge in [-0.05, 0) is 48.6 Å². The van der Waals surface area contributed by atoms with E-state index in [4.69, 9.17) is 4.74 Å². The average molecular weight is 411 g/mol. The second-order valence-electron chi connectivity index (χ2n) is 5.38. The summed E-state index contributed by atoms with van der Waals surface area (Å²) in [4.78, 5) is 0. The second kappa shape index (κ2) is 6.41. The molecule has 0 unspecified atom stereocenters. The van der Waals surface area contributed by atoms with Crippen molar-refractivity contribution in [3.05, 3.63) is 57.0 Å². The Morgan fingerprint density at radius 3 is 2.57 bits per heavy atom. The van der Waals surface area contributed by atoms with Crippen molar-refractivity contribution in [1.82, 2.24) is 0 Å². The lowest BCUT2D eigenvalue weighted by molar-refractivity contribution is 0.369. The van der Waals surface area contributed by atoms with E-state index < -0.39 is 0 Å². The Labute approximate surface area is 142 Å². The van der Waals surface area contributed by atoms with E-state index in [1.54, 1.807) is 7.11 Å². The predicted molar refractivity (Wildman–Crippen MR) is 94.2 cm³/mol. The minimum absolute atomic E-state index is 0.505. The van der Waals surface area contributed by atoms with Gasteiger partial charge in [-0.2, -0.15) is 0 Å². The molecule has 21 heavy (non-hydrogen) atoms. The fraction of sp³-hybridized carbons (Fsp3) is 0.294. The van der Waals surface area contributed by atoms with E-state index in [0.29, 0.717) is 12.0 Å². The summed E-state index contributed by atoms with van der Waals surface area (Å²) in [6.45, 7) is 0. The zero-order valence-corrected chi connectivity index (χ0v) is 14.9. The molecule has 1 fully saturated rings. The number of nitrogens with one attached hydrogen (secondary N) is 1. The minimum atomic E-state index is 0.505. The van der Waals surface area contributed by atoms with Gasteiger partial charge in [-0.3, -0.25) is 0 Å². The molecule has 0 heterocycles. The highest BCUT2D eigenvalue weighted by Gasteiger charge is 2.31. The van der Waals surface area contributed by atoms with Gasteiger partial charge in [-0.15, -0.1) is 0 Å². The van der Waals surface area contributed by atoms with Crippen LogP contribution in [0.15, 0.2) is 51.4 Å². The van der Waals surface area contributed by atoms with Crippen LogP contribution in [0.4, 0.5) is 5.69 Å². The Morgan fingerprint density at radius 2 is 1.86 bits per heavy atom.